The van der Waals surface area contributed by atoms with Gasteiger partial charge in [0, 0.05) is 18.8 Å². The molecular weight excluding hydrogens is 228 g/mol. The molecule has 3 nitrogen and oxygen atoms in total. The Bertz CT molecular complexity index is 329. The van der Waals surface area contributed by atoms with Crippen molar-refractivity contribution >= 4 is 11.8 Å². The summed E-state index contributed by atoms with van der Waals surface area (Å²) in [6.07, 6.45) is 3.87. The SMILES string of the molecule is CCC(C)(C)C(=O)OC(C)(C)C1CCCC(=O)C1. The minimum absolute atomic E-state index is 0.159. The maximum Gasteiger partial charge on any atom is 0.312 e. The van der Waals surface area contributed by atoms with Crippen molar-refractivity contribution in [3.8, 4) is 0 Å². The summed E-state index contributed by atoms with van der Waals surface area (Å²) in [7, 11) is 0. The van der Waals surface area contributed by atoms with E-state index in [0.29, 0.717) is 18.6 Å². The molecule has 0 heterocycles. The van der Waals surface area contributed by atoms with Crippen LogP contribution in [-0.4, -0.2) is 17.4 Å². The minimum Gasteiger partial charge on any atom is -0.459 e. The van der Waals surface area contributed by atoms with Gasteiger partial charge in [-0.05, 0) is 47.0 Å². The summed E-state index contributed by atoms with van der Waals surface area (Å²) in [5, 5.41) is 0. The molecule has 1 aliphatic rings. The molecule has 1 atom stereocenters. The van der Waals surface area contributed by atoms with Gasteiger partial charge in [0.1, 0.15) is 11.4 Å². The second-order valence-electron chi connectivity index (χ2n) is 6.56. The van der Waals surface area contributed by atoms with Gasteiger partial charge in [-0.1, -0.05) is 6.92 Å². The van der Waals surface area contributed by atoms with Crippen LogP contribution in [0.5, 0.6) is 0 Å². The molecule has 1 aliphatic carbocycles. The fourth-order valence-electron chi connectivity index (χ4n) is 2.22. The molecule has 0 N–H and O–H groups in total. The molecule has 0 bridgehead atoms. The van der Waals surface area contributed by atoms with E-state index in [0.717, 1.165) is 19.3 Å². The third-order valence-corrected chi connectivity index (χ3v) is 4.26. The molecule has 0 amide bonds. The van der Waals surface area contributed by atoms with Gasteiger partial charge in [0.2, 0.25) is 0 Å². The first-order valence-corrected chi connectivity index (χ1v) is 6.94. The van der Waals surface area contributed by atoms with Crippen LogP contribution in [0.15, 0.2) is 0 Å². The quantitative estimate of drug-likeness (QED) is 0.721. The van der Waals surface area contributed by atoms with Crippen molar-refractivity contribution in [3.05, 3.63) is 0 Å². The molecular formula is C15H26O3. The summed E-state index contributed by atoms with van der Waals surface area (Å²) in [4.78, 5) is 23.6. The van der Waals surface area contributed by atoms with Gasteiger partial charge in [-0.2, -0.15) is 0 Å². The molecule has 18 heavy (non-hydrogen) atoms. The Kier molecular flexibility index (Phi) is 4.57. The van der Waals surface area contributed by atoms with E-state index in [1.54, 1.807) is 0 Å². The second kappa shape index (κ2) is 5.41. The van der Waals surface area contributed by atoms with Gasteiger partial charge in [0.15, 0.2) is 0 Å². The number of ketones is 1. The zero-order valence-corrected chi connectivity index (χ0v) is 12.3. The van der Waals surface area contributed by atoms with Gasteiger partial charge in [-0.25, -0.2) is 0 Å². The normalized spacial score (nSPS) is 21.8. The van der Waals surface area contributed by atoms with E-state index in [1.165, 1.54) is 0 Å². The molecule has 0 aromatic heterocycles. The maximum absolute atomic E-state index is 12.1. The second-order valence-corrected chi connectivity index (χ2v) is 6.56. The highest BCUT2D eigenvalue weighted by Gasteiger charge is 2.39. The highest BCUT2D eigenvalue weighted by atomic mass is 16.6. The Hall–Kier alpha value is -0.860. The van der Waals surface area contributed by atoms with Crippen LogP contribution in [0.1, 0.15) is 66.7 Å². The summed E-state index contributed by atoms with van der Waals surface area (Å²) in [6, 6.07) is 0. The van der Waals surface area contributed by atoms with Crippen molar-refractivity contribution < 1.29 is 14.3 Å². The smallest absolute Gasteiger partial charge is 0.312 e. The van der Waals surface area contributed by atoms with E-state index in [-0.39, 0.29) is 11.9 Å². The van der Waals surface area contributed by atoms with Gasteiger partial charge in [0.05, 0.1) is 5.41 Å². The summed E-state index contributed by atoms with van der Waals surface area (Å²) < 4.78 is 5.69. The average Bonchev–Trinajstić information content (AvgIpc) is 2.28. The van der Waals surface area contributed by atoms with Gasteiger partial charge < -0.3 is 4.74 Å². The predicted octanol–water partition coefficient (Wildman–Crippen LogP) is 3.50. The zero-order valence-electron chi connectivity index (χ0n) is 12.3. The molecule has 1 fully saturated rings. The molecule has 0 aliphatic heterocycles. The van der Waals surface area contributed by atoms with Crippen LogP contribution in [0.3, 0.4) is 0 Å². The molecule has 104 valence electrons. The van der Waals surface area contributed by atoms with Crippen LogP contribution in [0.4, 0.5) is 0 Å². The Morgan fingerprint density at radius 3 is 2.44 bits per heavy atom. The summed E-state index contributed by atoms with van der Waals surface area (Å²) in [6.45, 7) is 9.65. The molecule has 0 spiro atoms. The van der Waals surface area contributed by atoms with E-state index in [2.05, 4.69) is 0 Å². The Morgan fingerprint density at radius 1 is 1.33 bits per heavy atom. The van der Waals surface area contributed by atoms with Gasteiger partial charge >= 0.3 is 5.97 Å². The number of rotatable bonds is 4. The number of hydrogen-bond acceptors (Lipinski definition) is 3. The fourth-order valence-corrected chi connectivity index (χ4v) is 2.22. The molecule has 1 unspecified atom stereocenters. The lowest BCUT2D eigenvalue weighted by Crippen LogP contribution is -2.42. The van der Waals surface area contributed by atoms with Crippen LogP contribution in [-0.2, 0) is 14.3 Å². The lowest BCUT2D eigenvalue weighted by Gasteiger charge is -2.38. The number of esters is 1. The number of Topliss-reactive ketones (excluding diaryl/α,β-unsaturated/α-hetero) is 1. The van der Waals surface area contributed by atoms with Crippen LogP contribution in [0.2, 0.25) is 0 Å². The summed E-state index contributed by atoms with van der Waals surface area (Å²) in [5.41, 5.74) is -0.991. The fraction of sp³-hybridized carbons (Fsp3) is 0.867. The van der Waals surface area contributed by atoms with Gasteiger partial charge in [-0.3, -0.25) is 9.59 Å². The summed E-state index contributed by atoms with van der Waals surface area (Å²) >= 11 is 0. The van der Waals surface area contributed by atoms with Gasteiger partial charge in [0.25, 0.3) is 0 Å². The van der Waals surface area contributed by atoms with E-state index in [9.17, 15) is 9.59 Å². The lowest BCUT2D eigenvalue weighted by molar-refractivity contribution is -0.174. The van der Waals surface area contributed by atoms with E-state index < -0.39 is 11.0 Å². The zero-order chi connectivity index (χ0) is 14.0. The monoisotopic (exact) mass is 254 g/mol. The molecule has 1 saturated carbocycles. The van der Waals surface area contributed by atoms with Crippen molar-refractivity contribution in [3.63, 3.8) is 0 Å². The minimum atomic E-state index is -0.542. The van der Waals surface area contributed by atoms with E-state index in [1.807, 2.05) is 34.6 Å². The molecule has 0 aromatic carbocycles. The standard InChI is InChI=1S/C15H26O3/c1-6-14(2,3)13(17)18-15(4,5)11-8-7-9-12(16)10-11/h11H,6-10H2,1-5H3. The highest BCUT2D eigenvalue weighted by molar-refractivity contribution is 5.80. The van der Waals surface area contributed by atoms with Crippen LogP contribution < -0.4 is 0 Å². The van der Waals surface area contributed by atoms with Crippen LogP contribution >= 0.6 is 0 Å². The van der Waals surface area contributed by atoms with Crippen LogP contribution in [0.25, 0.3) is 0 Å². The molecule has 3 heteroatoms. The number of ether oxygens (including phenoxy) is 1. The number of hydrogen-bond donors (Lipinski definition) is 0. The Morgan fingerprint density at radius 2 is 1.94 bits per heavy atom. The van der Waals surface area contributed by atoms with Crippen molar-refractivity contribution in [1.29, 1.82) is 0 Å². The van der Waals surface area contributed by atoms with Gasteiger partial charge in [-0.15, -0.1) is 0 Å². The molecule has 1 rings (SSSR count). The predicted molar refractivity (Wildman–Crippen MR) is 71.2 cm³/mol. The average molecular weight is 254 g/mol. The summed E-state index contributed by atoms with van der Waals surface area (Å²) in [5.74, 6) is 0.300. The lowest BCUT2D eigenvalue weighted by atomic mass is 9.78. The number of carbonyl (C=O) groups is 2. The van der Waals surface area contributed by atoms with Crippen molar-refractivity contribution in [2.75, 3.05) is 0 Å². The van der Waals surface area contributed by atoms with Crippen molar-refractivity contribution in [2.24, 2.45) is 11.3 Å². The Balaban J connectivity index is 2.69. The Labute approximate surface area is 110 Å². The maximum atomic E-state index is 12.1. The largest absolute Gasteiger partial charge is 0.459 e. The van der Waals surface area contributed by atoms with E-state index >= 15 is 0 Å². The highest BCUT2D eigenvalue weighted by Crippen LogP contribution is 2.35. The molecule has 0 saturated heterocycles. The third-order valence-electron chi connectivity index (χ3n) is 4.26. The topological polar surface area (TPSA) is 43.4 Å². The first-order chi connectivity index (χ1) is 8.19. The first-order valence-electron chi connectivity index (χ1n) is 6.94. The van der Waals surface area contributed by atoms with E-state index in [4.69, 9.17) is 4.74 Å². The third kappa shape index (κ3) is 3.56. The molecule has 0 aromatic rings. The van der Waals surface area contributed by atoms with Crippen molar-refractivity contribution in [2.45, 2.75) is 72.3 Å². The first kappa shape index (κ1) is 15.2. The van der Waals surface area contributed by atoms with Crippen LogP contribution in [0, 0.1) is 11.3 Å². The molecule has 0 radical (unpaired) electrons. The van der Waals surface area contributed by atoms with Crippen molar-refractivity contribution in [1.82, 2.24) is 0 Å². The number of carbonyl (C=O) groups excluding carboxylic acids is 2.